The Kier molecular flexibility index (Phi) is 3.37. The van der Waals surface area contributed by atoms with E-state index in [1.807, 2.05) is 0 Å². The first-order valence-corrected chi connectivity index (χ1v) is 8.99. The maximum absolute atomic E-state index is 13.7. The fourth-order valence-corrected chi connectivity index (χ4v) is 3.22. The molecule has 2 heterocycles. The van der Waals surface area contributed by atoms with Crippen LogP contribution in [0.1, 0.15) is 49.4 Å². The van der Waals surface area contributed by atoms with Gasteiger partial charge in [0, 0.05) is 65.0 Å². The Morgan fingerprint density at radius 1 is 1.31 bits per heavy atom. The van der Waals surface area contributed by atoms with Crippen molar-refractivity contribution in [3.05, 3.63) is 40.7 Å². The monoisotopic (exact) mass is 414 g/mol. The van der Waals surface area contributed by atoms with E-state index in [9.17, 15) is 9.59 Å². The number of amides is 1. The maximum Gasteiger partial charge on any atom is 0.363 e. The SMILES string of the molecule is [2H]c1c([2H])c([2H])c(N(C(=O)C([2H])([2H])C([2H])([2H])[2H])C2(OC)CCN(CC([2H])([2H])n3nnn(CC)c3=O)CC2)c([2H])c1[2H]. The number of carbonyl (C=O) groups is 1. The Morgan fingerprint density at radius 2 is 2.00 bits per heavy atom. The molecule has 9 heteroatoms. The quantitative estimate of drug-likeness (QED) is 0.606. The lowest BCUT2D eigenvalue weighted by Gasteiger charge is -2.47. The summed E-state index contributed by atoms with van der Waals surface area (Å²) in [6, 6.07) is -4.14. The van der Waals surface area contributed by atoms with Crippen LogP contribution in [0.3, 0.4) is 0 Å². The van der Waals surface area contributed by atoms with Gasteiger partial charge in [0.1, 0.15) is 5.72 Å². The number of anilines is 1. The van der Waals surface area contributed by atoms with Crippen molar-refractivity contribution >= 4 is 11.6 Å². The summed E-state index contributed by atoms with van der Waals surface area (Å²) in [5.41, 5.74) is -3.39. The van der Waals surface area contributed by atoms with Gasteiger partial charge in [-0.05, 0) is 29.4 Å². The standard InChI is InChI=1S/C20H30N6O3/c1-4-18(27)26(17-9-7-6-8-10-17)20(29-3)11-13-23(14-12-20)15-16-25-19(28)24(5-2)21-22-25/h6-10H,4-5,11-16H2,1-3H3/i1D3,4D2,6D,7D,8D,9D,10D,16D2. The molecule has 0 atom stereocenters. The Morgan fingerprint density at radius 3 is 2.59 bits per heavy atom. The van der Waals surface area contributed by atoms with Crippen LogP contribution in [0.4, 0.5) is 5.69 Å². The van der Waals surface area contributed by atoms with Gasteiger partial charge < -0.3 is 9.64 Å². The number of likely N-dealkylation sites (tertiary alicyclic amines) is 1. The summed E-state index contributed by atoms with van der Waals surface area (Å²) in [7, 11) is 1.15. The molecule has 3 rings (SSSR count). The van der Waals surface area contributed by atoms with E-state index in [2.05, 4.69) is 10.4 Å². The van der Waals surface area contributed by atoms with Gasteiger partial charge in [0.25, 0.3) is 0 Å². The van der Waals surface area contributed by atoms with Crippen molar-refractivity contribution in [1.29, 1.82) is 0 Å². The second kappa shape index (κ2) is 9.32. The van der Waals surface area contributed by atoms with Crippen LogP contribution in [0.5, 0.6) is 0 Å². The van der Waals surface area contributed by atoms with Crippen LogP contribution in [0.2, 0.25) is 0 Å². The van der Waals surface area contributed by atoms with Crippen molar-refractivity contribution in [1.82, 2.24) is 24.7 Å². The Balaban J connectivity index is 2.06. The molecule has 2 aromatic rings. The van der Waals surface area contributed by atoms with Crippen LogP contribution < -0.4 is 10.6 Å². The van der Waals surface area contributed by atoms with E-state index in [-0.39, 0.29) is 39.0 Å². The molecule has 1 saturated heterocycles. The lowest BCUT2D eigenvalue weighted by molar-refractivity contribution is -0.128. The number of para-hydroxylation sites is 1. The lowest BCUT2D eigenvalue weighted by atomic mass is 9.96. The summed E-state index contributed by atoms with van der Waals surface area (Å²) in [4.78, 5) is 28.2. The number of hydrogen-bond acceptors (Lipinski definition) is 6. The summed E-state index contributed by atoms with van der Waals surface area (Å²) >= 11 is 0. The minimum absolute atomic E-state index is 0.0385. The van der Waals surface area contributed by atoms with E-state index in [1.165, 1.54) is 0 Å². The number of carbonyl (C=O) groups excluding carboxylic acids is 1. The molecule has 9 nitrogen and oxygen atoms in total. The predicted octanol–water partition coefficient (Wildman–Crippen LogP) is 1.34. The van der Waals surface area contributed by atoms with Crippen molar-refractivity contribution in [2.24, 2.45) is 0 Å². The van der Waals surface area contributed by atoms with Crippen molar-refractivity contribution in [2.75, 3.05) is 31.6 Å². The summed E-state index contributed by atoms with van der Waals surface area (Å²) in [5.74, 6) is -1.69. The molecule has 1 aromatic heterocycles. The zero-order valence-corrected chi connectivity index (χ0v) is 16.2. The Hall–Kier alpha value is -2.52. The number of ether oxygens (including phenoxy) is 1. The number of benzene rings is 1. The molecule has 1 aliphatic rings. The molecule has 1 aliphatic heterocycles. The topological polar surface area (TPSA) is 85.5 Å². The minimum atomic E-state index is -3.54. The summed E-state index contributed by atoms with van der Waals surface area (Å²) in [6.07, 6.45) is -3.95. The number of nitrogens with zero attached hydrogens (tertiary/aromatic N) is 6. The van der Waals surface area contributed by atoms with Gasteiger partial charge in [0.15, 0.2) is 0 Å². The first-order chi connectivity index (χ1) is 18.8. The molecule has 0 radical (unpaired) electrons. The largest absolute Gasteiger partial charge is 0.363 e. The highest BCUT2D eigenvalue weighted by Crippen LogP contribution is 2.34. The second-order valence-corrected chi connectivity index (χ2v) is 6.31. The molecule has 1 aromatic carbocycles. The van der Waals surface area contributed by atoms with Gasteiger partial charge in [-0.25, -0.2) is 4.79 Å². The molecule has 0 saturated carbocycles. The molecule has 0 bridgehead atoms. The number of methoxy groups -OCH3 is 1. The average Bonchev–Trinajstić information content (AvgIpc) is 3.29. The molecule has 1 fully saturated rings. The van der Waals surface area contributed by atoms with E-state index in [1.54, 1.807) is 11.8 Å². The van der Waals surface area contributed by atoms with Gasteiger partial charge in [-0.3, -0.25) is 9.69 Å². The van der Waals surface area contributed by atoms with E-state index in [0.717, 1.165) is 11.8 Å². The van der Waals surface area contributed by atoms with Crippen LogP contribution in [-0.2, 0) is 22.6 Å². The Bertz CT molecular complexity index is 1340. The fraction of sp³-hybridized carbons (Fsp3) is 0.600. The van der Waals surface area contributed by atoms with Crippen LogP contribution in [0.15, 0.2) is 35.0 Å². The highest BCUT2D eigenvalue weighted by Gasteiger charge is 2.43. The van der Waals surface area contributed by atoms with Crippen LogP contribution in [0.25, 0.3) is 0 Å². The molecule has 0 unspecified atom stereocenters. The van der Waals surface area contributed by atoms with E-state index < -0.39 is 72.9 Å². The predicted molar refractivity (Wildman–Crippen MR) is 110 cm³/mol. The molecule has 0 spiro atoms. The van der Waals surface area contributed by atoms with Gasteiger partial charge in [0.05, 0.1) is 16.1 Å². The van der Waals surface area contributed by atoms with Gasteiger partial charge in [-0.2, -0.15) is 9.36 Å². The zero-order valence-electron chi connectivity index (χ0n) is 28.2. The maximum atomic E-state index is 13.7. The number of piperidine rings is 1. The van der Waals surface area contributed by atoms with Crippen LogP contribution in [0, 0.1) is 0 Å². The Labute approximate surface area is 187 Å². The molecule has 0 aliphatic carbocycles. The first-order valence-electron chi connectivity index (χ1n) is 15.0. The number of aromatic nitrogens is 4. The van der Waals surface area contributed by atoms with Crippen LogP contribution in [-0.4, -0.2) is 63.1 Å². The summed E-state index contributed by atoms with van der Waals surface area (Å²) in [6.45, 7) is -4.40. The lowest BCUT2D eigenvalue weighted by Crippen LogP contribution is -2.59. The highest BCUT2D eigenvalue weighted by atomic mass is 16.5. The van der Waals surface area contributed by atoms with Crippen molar-refractivity contribution in [2.45, 2.75) is 51.8 Å². The highest BCUT2D eigenvalue weighted by molar-refractivity contribution is 5.94. The molecule has 0 N–H and O–H groups in total. The molecule has 1 amide bonds. The molecule has 29 heavy (non-hydrogen) atoms. The van der Waals surface area contributed by atoms with Crippen LogP contribution >= 0.6 is 0 Å². The number of hydrogen-bond donors (Lipinski definition) is 0. The third-order valence-corrected chi connectivity index (χ3v) is 4.83. The smallest absolute Gasteiger partial charge is 0.358 e. The zero-order chi connectivity index (χ0) is 31.3. The number of rotatable bonds is 8. The summed E-state index contributed by atoms with van der Waals surface area (Å²) in [5, 5.41) is 7.22. The van der Waals surface area contributed by atoms with Gasteiger partial charge >= 0.3 is 5.69 Å². The number of aryl methyl sites for hydroxylation is 1. The van der Waals surface area contributed by atoms with Gasteiger partial charge in [0.2, 0.25) is 5.91 Å². The van der Waals surface area contributed by atoms with E-state index in [0.29, 0.717) is 9.58 Å². The van der Waals surface area contributed by atoms with Crippen molar-refractivity contribution < 1.29 is 26.0 Å². The normalized spacial score (nSPS) is 24.1. The molecule has 158 valence electrons. The van der Waals surface area contributed by atoms with Crippen molar-refractivity contribution in [3.8, 4) is 0 Å². The van der Waals surface area contributed by atoms with E-state index >= 15 is 0 Å². The third-order valence-electron chi connectivity index (χ3n) is 4.83. The minimum Gasteiger partial charge on any atom is -0.358 e. The third kappa shape index (κ3) is 4.40. The second-order valence-electron chi connectivity index (χ2n) is 6.31. The number of tetrazole rings is 1. The first kappa shape index (κ1) is 10.5. The van der Waals surface area contributed by atoms with Gasteiger partial charge in [-0.15, -0.1) is 0 Å². The molecular formula is C20H30N6O3. The van der Waals surface area contributed by atoms with Gasteiger partial charge in [-0.1, -0.05) is 25.0 Å². The fourth-order valence-electron chi connectivity index (χ4n) is 3.22. The average molecular weight is 415 g/mol. The molecular weight excluding hydrogens is 372 g/mol. The van der Waals surface area contributed by atoms with E-state index in [4.69, 9.17) is 21.2 Å². The summed E-state index contributed by atoms with van der Waals surface area (Å²) < 4.78 is 104. The van der Waals surface area contributed by atoms with Crippen molar-refractivity contribution in [3.63, 3.8) is 0 Å².